The summed E-state index contributed by atoms with van der Waals surface area (Å²) in [5.41, 5.74) is 3.43. The number of ether oxygens (including phenoxy) is 4. The Kier molecular flexibility index (Phi) is 26.0. The molecule has 2 aliphatic heterocycles. The van der Waals surface area contributed by atoms with E-state index in [4.69, 9.17) is 18.9 Å². The van der Waals surface area contributed by atoms with E-state index in [1.165, 1.54) is 160 Å². The van der Waals surface area contributed by atoms with Gasteiger partial charge < -0.3 is 18.9 Å². The summed E-state index contributed by atoms with van der Waals surface area (Å²) in [6.45, 7) is 0. The van der Waals surface area contributed by atoms with E-state index in [0.717, 1.165) is 199 Å². The fourth-order valence-electron chi connectivity index (χ4n) is 21.0. The number of carbonyl (C=O) groups excluding carboxylic acids is 4. The zero-order valence-electron chi connectivity index (χ0n) is 70.6. The third kappa shape index (κ3) is 18.8. The van der Waals surface area contributed by atoms with Gasteiger partial charge in [-0.05, 0) is 219 Å². The number of rotatable bonds is 34. The number of anilines is 2. The van der Waals surface area contributed by atoms with Gasteiger partial charge in [-0.25, -0.2) is 9.80 Å². The maximum Gasteiger partial charge on any atom is 0.294 e. The van der Waals surface area contributed by atoms with E-state index >= 15 is 19.2 Å². The molecule has 0 atom stereocenters. The number of fused-ring (bicyclic) bond motifs is 2. The molecule has 0 saturated heterocycles. The molecule has 660 valence electrons. The fourth-order valence-corrected chi connectivity index (χ4v) is 22.9. The van der Waals surface area contributed by atoms with Gasteiger partial charge in [-0.15, -0.1) is 0 Å². The molecule has 2 heterocycles. The average molecular weight is 1780 g/mol. The molecule has 11 aromatic rings. The third-order valence-corrected chi connectivity index (χ3v) is 30.8. The Morgan fingerprint density at radius 1 is 0.262 bits per heavy atom. The van der Waals surface area contributed by atoms with E-state index in [1.54, 1.807) is 0 Å². The number of amides is 4. The summed E-state index contributed by atoms with van der Waals surface area (Å²) in [6.07, 6.45) is 36.4. The second kappa shape index (κ2) is 37.3. The van der Waals surface area contributed by atoms with Crippen molar-refractivity contribution in [3.63, 3.8) is 0 Å². The smallest absolute Gasteiger partial charge is 0.294 e. The number of imide groups is 2. The van der Waals surface area contributed by atoms with E-state index in [0.29, 0.717) is 60.7 Å². The standard InChI is InChI=1S/C100H106N2O20S4/c103-97-79-59-83(119-71-43-51-75(52-44-71)123(107,108)109)89-91-85(121-73-47-55-77(56-48-73)125(113,114)115)61-81-88-82(100(106)102(99(81)105)96-69(37-19-15-33-65-27-9-3-10-28-65)41-22-42-70(96)38-20-16-34-66-29-11-4-12-30-66)62-86(122-74-49-57-78(58-50-74)126(116,117)118)92(94(88)91)90-84(120-72-45-53-76(54-46-72)124(110,111)112)60-80(87(79)93(89)90)98(104)101(97)95-67(35-17-13-31-63-23-5-1-6-24-63)39-21-40-68(95)36-18-14-32-64-25-7-2-8-26-64/h21-22,39-66H,1-20,23-38H2,(H,107,108,109)(H,110,111,112)(H,113,114,115)(H,116,117,118). The quantitative estimate of drug-likeness (QED) is 0.00957. The van der Waals surface area contributed by atoms with Crippen molar-refractivity contribution in [2.75, 3.05) is 9.80 Å². The lowest BCUT2D eigenvalue weighted by Gasteiger charge is -2.34. The largest absolute Gasteiger partial charge is 0.457 e. The Bertz CT molecular complexity index is 5710. The Labute approximate surface area is 736 Å². The van der Waals surface area contributed by atoms with Crippen LogP contribution in [0.5, 0.6) is 46.0 Å². The normalized spacial score (nSPS) is 16.8. The van der Waals surface area contributed by atoms with Crippen molar-refractivity contribution in [1.29, 1.82) is 0 Å². The fraction of sp³-hybridized carbons (Fsp3) is 0.400. The molecule has 22 nitrogen and oxygen atoms in total. The average Bonchev–Trinajstić information content (AvgIpc) is 0.668. The number of unbranched alkanes of at least 4 members (excludes halogenated alkanes) is 4. The maximum absolute atomic E-state index is 17.1. The Morgan fingerprint density at radius 2 is 0.468 bits per heavy atom. The summed E-state index contributed by atoms with van der Waals surface area (Å²) >= 11 is 0. The van der Waals surface area contributed by atoms with E-state index in [1.807, 2.05) is 36.4 Å². The molecule has 4 aliphatic carbocycles. The monoisotopic (exact) mass is 1780 g/mol. The Morgan fingerprint density at radius 3 is 0.667 bits per heavy atom. The SMILES string of the molecule is O=C1c2cc(Oc3ccc(S(=O)(=O)O)cc3)c3c4c(Oc5ccc(S(=O)(=O)O)cc5)cc5c6c(cc(Oc7ccc(S(=O)(=O)O)cc7)c(c7c(Oc8ccc(S(=O)(=O)O)cc8)cc(c2c37)C(=O)N1c1c(CCCCC2CCCCC2)cccc1CCCCC1CCCCC1)c64)C(=O)N(c1c(CCCCC2CCCCC2)cccc1CCCCC1CCCCC1)C5=O. The zero-order valence-corrected chi connectivity index (χ0v) is 73.9. The van der Waals surface area contributed by atoms with Crippen LogP contribution >= 0.6 is 0 Å². The van der Waals surface area contributed by atoms with Crippen molar-refractivity contribution in [3.05, 3.63) is 202 Å². The molecule has 0 unspecified atom stereocenters. The summed E-state index contributed by atoms with van der Waals surface area (Å²) in [5.74, 6) is -1.81. The number of hydrogen-bond acceptors (Lipinski definition) is 16. The van der Waals surface area contributed by atoms with Crippen molar-refractivity contribution in [2.24, 2.45) is 23.7 Å². The molecular weight excluding hydrogens is 1680 g/mol. The third-order valence-electron chi connectivity index (χ3n) is 27.3. The van der Waals surface area contributed by atoms with E-state index in [9.17, 15) is 51.9 Å². The van der Waals surface area contributed by atoms with Gasteiger partial charge in [0.1, 0.15) is 46.0 Å². The molecule has 126 heavy (non-hydrogen) atoms. The van der Waals surface area contributed by atoms with Crippen LogP contribution in [0.2, 0.25) is 0 Å². The highest BCUT2D eigenvalue weighted by Gasteiger charge is 2.45. The number of hydrogen-bond donors (Lipinski definition) is 4. The minimum Gasteiger partial charge on any atom is -0.457 e. The molecule has 17 rings (SSSR count). The van der Waals surface area contributed by atoms with Gasteiger partial charge in [0.2, 0.25) is 0 Å². The molecule has 11 aromatic carbocycles. The number of nitrogens with zero attached hydrogens (tertiary/aromatic N) is 2. The summed E-state index contributed by atoms with van der Waals surface area (Å²) in [6, 6.07) is 36.8. The Balaban J connectivity index is 0.951. The van der Waals surface area contributed by atoms with Crippen molar-refractivity contribution >= 4 is 119 Å². The van der Waals surface area contributed by atoms with Crippen molar-refractivity contribution in [2.45, 2.75) is 251 Å². The number of aryl methyl sites for hydroxylation is 4. The van der Waals surface area contributed by atoms with Gasteiger partial charge in [-0.1, -0.05) is 216 Å². The van der Waals surface area contributed by atoms with Crippen LogP contribution in [0.4, 0.5) is 11.4 Å². The van der Waals surface area contributed by atoms with E-state index in [2.05, 4.69) is 0 Å². The highest BCUT2D eigenvalue weighted by molar-refractivity contribution is 7.86. The van der Waals surface area contributed by atoms with Crippen LogP contribution in [0.1, 0.15) is 269 Å². The van der Waals surface area contributed by atoms with Gasteiger partial charge >= 0.3 is 0 Å². The topological polar surface area (TPSA) is 329 Å². The molecule has 6 aliphatic rings. The molecule has 0 aromatic heterocycles. The maximum atomic E-state index is 17.1. The van der Waals surface area contributed by atoms with Crippen LogP contribution in [-0.2, 0) is 66.2 Å². The van der Waals surface area contributed by atoms with Crippen LogP contribution < -0.4 is 28.7 Å². The number of para-hydroxylation sites is 2. The van der Waals surface area contributed by atoms with Crippen LogP contribution in [0.15, 0.2) is 177 Å². The van der Waals surface area contributed by atoms with Crippen LogP contribution in [0.25, 0.3) is 43.1 Å². The first-order chi connectivity index (χ1) is 60.7. The number of benzene rings is 11. The number of carbonyl (C=O) groups is 4. The summed E-state index contributed by atoms with van der Waals surface area (Å²) in [7, 11) is -19.3. The minimum absolute atomic E-state index is 0.00808. The lowest BCUT2D eigenvalue weighted by Crippen LogP contribution is -2.42. The van der Waals surface area contributed by atoms with Crippen molar-refractivity contribution in [1.82, 2.24) is 0 Å². The van der Waals surface area contributed by atoms with Gasteiger partial charge in [0, 0.05) is 43.1 Å². The van der Waals surface area contributed by atoms with Crippen molar-refractivity contribution in [3.8, 4) is 46.0 Å². The van der Waals surface area contributed by atoms with Crippen LogP contribution in [-0.4, -0.2) is 75.5 Å². The first-order valence-corrected chi connectivity index (χ1v) is 50.8. The lowest BCUT2D eigenvalue weighted by molar-refractivity contribution is 0.0877. The molecule has 4 amide bonds. The predicted octanol–water partition coefficient (Wildman–Crippen LogP) is 24.7. The summed E-state index contributed by atoms with van der Waals surface area (Å²) < 4.78 is 173. The van der Waals surface area contributed by atoms with Gasteiger partial charge in [-0.2, -0.15) is 33.7 Å². The molecular formula is C100H106N2O20S4. The molecule has 26 heteroatoms. The highest BCUT2D eigenvalue weighted by atomic mass is 32.2. The van der Waals surface area contributed by atoms with Gasteiger partial charge in [0.15, 0.2) is 0 Å². The van der Waals surface area contributed by atoms with Gasteiger partial charge in [0.05, 0.1) is 53.2 Å². The van der Waals surface area contributed by atoms with Gasteiger partial charge in [0.25, 0.3) is 64.1 Å². The summed E-state index contributed by atoms with van der Waals surface area (Å²) in [4.78, 5) is 68.8. The van der Waals surface area contributed by atoms with Crippen LogP contribution in [0, 0.1) is 23.7 Å². The first kappa shape index (κ1) is 87.9. The molecule has 4 fully saturated rings. The molecule has 0 radical (unpaired) electrons. The van der Waals surface area contributed by atoms with Gasteiger partial charge in [-0.3, -0.25) is 37.4 Å². The predicted molar refractivity (Wildman–Crippen MR) is 485 cm³/mol. The second-order valence-corrected chi connectivity index (χ2v) is 41.3. The lowest BCUT2D eigenvalue weighted by atomic mass is 9.80. The van der Waals surface area contributed by atoms with Crippen LogP contribution in [0.3, 0.4) is 0 Å². The first-order valence-electron chi connectivity index (χ1n) is 45.1. The second-order valence-electron chi connectivity index (χ2n) is 35.6. The molecule has 4 saturated carbocycles. The molecule has 4 N–H and O–H groups in total. The Hall–Kier alpha value is -10.2. The van der Waals surface area contributed by atoms with E-state index in [-0.39, 0.29) is 111 Å². The van der Waals surface area contributed by atoms with E-state index < -0.39 is 83.7 Å². The summed E-state index contributed by atoms with van der Waals surface area (Å²) in [5, 5.41) is -0.00285. The highest BCUT2D eigenvalue weighted by Crippen LogP contribution is 2.59. The molecule has 0 bridgehead atoms. The molecule has 0 spiro atoms. The minimum atomic E-state index is -4.83. The zero-order chi connectivity index (χ0) is 87.8. The van der Waals surface area contributed by atoms with Crippen molar-refractivity contribution < 1.29 is 90.0 Å².